The monoisotopic (exact) mass is 314 g/mol. The van der Waals surface area contributed by atoms with E-state index in [2.05, 4.69) is 4.90 Å². The van der Waals surface area contributed by atoms with Crippen molar-refractivity contribution in [3.8, 4) is 0 Å². The van der Waals surface area contributed by atoms with Crippen LogP contribution in [0.3, 0.4) is 0 Å². The number of anilines is 1. The molecule has 1 aromatic carbocycles. The summed E-state index contributed by atoms with van der Waals surface area (Å²) in [4.78, 5) is 12.9. The Bertz CT molecular complexity index is 553. The highest BCUT2D eigenvalue weighted by atomic mass is 35.5. The topological polar surface area (TPSA) is 55.6 Å². The number of nitrogens with zero attached hydrogens (tertiary/aromatic N) is 1. The zero-order chi connectivity index (χ0) is 14.7. The van der Waals surface area contributed by atoms with E-state index in [4.69, 9.17) is 33.7 Å². The zero-order valence-corrected chi connectivity index (χ0v) is 12.7. The molecule has 0 aliphatic carbocycles. The summed E-state index contributed by atoms with van der Waals surface area (Å²) in [5.41, 5.74) is 7.58. The second-order valence-electron chi connectivity index (χ2n) is 4.57. The fourth-order valence-electron chi connectivity index (χ4n) is 2.14. The highest BCUT2D eigenvalue weighted by Crippen LogP contribution is 2.38. The van der Waals surface area contributed by atoms with Gasteiger partial charge in [-0.1, -0.05) is 23.2 Å². The summed E-state index contributed by atoms with van der Waals surface area (Å²) >= 11 is 12.8. The average Bonchev–Trinajstić information content (AvgIpc) is 2.42. The minimum atomic E-state index is -0.506. The SMILES string of the molecule is Cc1c(/C=C\C(N)=O)cc(Cl)c(N2CCOCC2)c1Cl. The molecule has 1 amide bonds. The van der Waals surface area contributed by atoms with E-state index < -0.39 is 5.91 Å². The van der Waals surface area contributed by atoms with Gasteiger partial charge in [-0.05, 0) is 30.2 Å². The lowest BCUT2D eigenvalue weighted by Crippen LogP contribution is -2.36. The summed E-state index contributed by atoms with van der Waals surface area (Å²) in [6, 6.07) is 1.80. The quantitative estimate of drug-likeness (QED) is 0.873. The van der Waals surface area contributed by atoms with Crippen molar-refractivity contribution in [2.75, 3.05) is 31.2 Å². The van der Waals surface area contributed by atoms with Gasteiger partial charge in [0.15, 0.2) is 0 Å². The average molecular weight is 315 g/mol. The number of primary amides is 1. The van der Waals surface area contributed by atoms with Crippen molar-refractivity contribution in [1.82, 2.24) is 0 Å². The highest BCUT2D eigenvalue weighted by Gasteiger charge is 2.20. The summed E-state index contributed by atoms with van der Waals surface area (Å²) in [6.45, 7) is 4.73. The number of halogens is 2. The van der Waals surface area contributed by atoms with Crippen LogP contribution in [-0.2, 0) is 9.53 Å². The Balaban J connectivity index is 2.40. The maximum absolute atomic E-state index is 10.8. The summed E-state index contributed by atoms with van der Waals surface area (Å²) in [5, 5.41) is 1.16. The van der Waals surface area contributed by atoms with Crippen molar-refractivity contribution < 1.29 is 9.53 Å². The lowest BCUT2D eigenvalue weighted by Gasteiger charge is -2.31. The van der Waals surface area contributed by atoms with Crippen molar-refractivity contribution in [1.29, 1.82) is 0 Å². The predicted molar refractivity (Wildman–Crippen MR) is 82.5 cm³/mol. The first-order valence-corrected chi connectivity index (χ1v) is 7.05. The van der Waals surface area contributed by atoms with Crippen LogP contribution in [0.5, 0.6) is 0 Å². The Morgan fingerprint density at radius 1 is 1.40 bits per heavy atom. The molecular weight excluding hydrogens is 299 g/mol. The standard InChI is InChI=1S/C14H16Cl2N2O2/c1-9-10(2-3-12(17)19)8-11(15)14(13(9)16)18-4-6-20-7-5-18/h2-3,8H,4-7H2,1H3,(H2,17,19)/b3-2-. The molecule has 1 aliphatic rings. The number of amides is 1. The maximum Gasteiger partial charge on any atom is 0.241 e. The third-order valence-electron chi connectivity index (χ3n) is 3.23. The normalized spacial score (nSPS) is 15.8. The largest absolute Gasteiger partial charge is 0.378 e. The fourth-order valence-corrected chi connectivity index (χ4v) is 2.85. The van der Waals surface area contributed by atoms with E-state index in [-0.39, 0.29) is 0 Å². The summed E-state index contributed by atoms with van der Waals surface area (Å²) in [7, 11) is 0. The molecule has 0 spiro atoms. The number of carbonyl (C=O) groups is 1. The Morgan fingerprint density at radius 3 is 2.65 bits per heavy atom. The lowest BCUT2D eigenvalue weighted by atomic mass is 10.1. The number of ether oxygens (including phenoxy) is 1. The van der Waals surface area contributed by atoms with Gasteiger partial charge in [-0.2, -0.15) is 0 Å². The summed E-state index contributed by atoms with van der Waals surface area (Å²) < 4.78 is 5.33. The van der Waals surface area contributed by atoms with Crippen molar-refractivity contribution in [3.63, 3.8) is 0 Å². The van der Waals surface area contributed by atoms with E-state index in [0.717, 1.165) is 29.9 Å². The molecule has 108 valence electrons. The number of benzene rings is 1. The van der Waals surface area contributed by atoms with Gasteiger partial charge in [-0.15, -0.1) is 0 Å². The first kappa shape index (κ1) is 15.2. The molecule has 1 aliphatic heterocycles. The molecule has 20 heavy (non-hydrogen) atoms. The first-order chi connectivity index (χ1) is 9.50. The van der Waals surface area contributed by atoms with Crippen LogP contribution in [0.15, 0.2) is 12.1 Å². The van der Waals surface area contributed by atoms with E-state index in [1.807, 2.05) is 6.92 Å². The van der Waals surface area contributed by atoms with Crippen LogP contribution in [-0.4, -0.2) is 32.2 Å². The van der Waals surface area contributed by atoms with Gasteiger partial charge in [-0.25, -0.2) is 0 Å². The van der Waals surface area contributed by atoms with Crippen LogP contribution < -0.4 is 10.6 Å². The Hall–Kier alpha value is -1.23. The van der Waals surface area contributed by atoms with Crippen molar-refractivity contribution in [2.24, 2.45) is 5.73 Å². The number of nitrogens with two attached hydrogens (primary N) is 1. The maximum atomic E-state index is 10.8. The van der Waals surface area contributed by atoms with Crippen LogP contribution in [0, 0.1) is 6.92 Å². The van der Waals surface area contributed by atoms with Crippen LogP contribution in [0.1, 0.15) is 11.1 Å². The van der Waals surface area contributed by atoms with Gasteiger partial charge in [0.1, 0.15) is 0 Å². The Labute approximate surface area is 128 Å². The number of rotatable bonds is 3. The zero-order valence-electron chi connectivity index (χ0n) is 11.2. The Kier molecular flexibility index (Phi) is 4.91. The van der Waals surface area contributed by atoms with Gasteiger partial charge in [0.25, 0.3) is 0 Å². The van der Waals surface area contributed by atoms with Gasteiger partial charge in [0, 0.05) is 19.2 Å². The molecule has 0 atom stereocenters. The van der Waals surface area contributed by atoms with Crippen LogP contribution in [0.4, 0.5) is 5.69 Å². The molecule has 0 bridgehead atoms. The molecule has 2 rings (SSSR count). The molecule has 1 heterocycles. The third kappa shape index (κ3) is 3.26. The van der Waals surface area contributed by atoms with Gasteiger partial charge in [0.05, 0.1) is 28.9 Å². The smallest absolute Gasteiger partial charge is 0.241 e. The molecule has 0 radical (unpaired) electrons. The molecule has 6 heteroatoms. The second-order valence-corrected chi connectivity index (χ2v) is 5.36. The number of morpholine rings is 1. The van der Waals surface area contributed by atoms with Crippen molar-refractivity contribution in [3.05, 3.63) is 33.3 Å². The molecule has 1 aromatic rings. The van der Waals surface area contributed by atoms with Gasteiger partial charge in [-0.3, -0.25) is 4.79 Å². The van der Waals surface area contributed by atoms with E-state index in [1.54, 1.807) is 12.1 Å². The first-order valence-electron chi connectivity index (χ1n) is 6.29. The van der Waals surface area contributed by atoms with Gasteiger partial charge >= 0.3 is 0 Å². The summed E-state index contributed by atoms with van der Waals surface area (Å²) in [6.07, 6.45) is 2.92. The third-order valence-corrected chi connectivity index (χ3v) is 3.98. The van der Waals surface area contributed by atoms with Gasteiger partial charge in [0.2, 0.25) is 5.91 Å². The van der Waals surface area contributed by atoms with E-state index in [0.29, 0.717) is 23.3 Å². The molecule has 1 fully saturated rings. The fraction of sp³-hybridized carbons (Fsp3) is 0.357. The van der Waals surface area contributed by atoms with Gasteiger partial charge < -0.3 is 15.4 Å². The lowest BCUT2D eigenvalue weighted by molar-refractivity contribution is -0.113. The van der Waals surface area contributed by atoms with Crippen molar-refractivity contribution >= 4 is 40.9 Å². The molecule has 0 aromatic heterocycles. The number of hydrogen-bond donors (Lipinski definition) is 1. The predicted octanol–water partition coefficient (Wildman–Crippen LogP) is 2.64. The van der Waals surface area contributed by atoms with Crippen LogP contribution >= 0.6 is 23.2 Å². The number of hydrogen-bond acceptors (Lipinski definition) is 3. The molecule has 0 unspecified atom stereocenters. The molecule has 2 N–H and O–H groups in total. The minimum Gasteiger partial charge on any atom is -0.378 e. The summed E-state index contributed by atoms with van der Waals surface area (Å²) in [5.74, 6) is -0.506. The molecule has 4 nitrogen and oxygen atoms in total. The van der Waals surface area contributed by atoms with E-state index in [1.165, 1.54) is 6.08 Å². The van der Waals surface area contributed by atoms with Crippen LogP contribution in [0.2, 0.25) is 10.0 Å². The van der Waals surface area contributed by atoms with E-state index in [9.17, 15) is 4.79 Å². The molecular formula is C14H16Cl2N2O2. The molecule has 0 saturated carbocycles. The second kappa shape index (κ2) is 6.48. The Morgan fingerprint density at radius 2 is 2.05 bits per heavy atom. The van der Waals surface area contributed by atoms with Crippen molar-refractivity contribution in [2.45, 2.75) is 6.92 Å². The van der Waals surface area contributed by atoms with Crippen LogP contribution in [0.25, 0.3) is 6.08 Å². The highest BCUT2D eigenvalue weighted by molar-refractivity contribution is 6.40. The number of carbonyl (C=O) groups excluding carboxylic acids is 1. The minimum absolute atomic E-state index is 0.506. The van der Waals surface area contributed by atoms with E-state index >= 15 is 0 Å². The molecule has 1 saturated heterocycles.